The molecule has 0 aliphatic carbocycles. The van der Waals surface area contributed by atoms with Crippen LogP contribution in [-0.2, 0) is 0 Å². The summed E-state index contributed by atoms with van der Waals surface area (Å²) >= 11 is 0. The Bertz CT molecular complexity index is 327. The van der Waals surface area contributed by atoms with Crippen LogP contribution in [0.2, 0.25) is 0 Å². The Morgan fingerprint density at radius 1 is 1.06 bits per heavy atom. The molecule has 0 saturated carbocycles. The van der Waals surface area contributed by atoms with Gasteiger partial charge in [-0.15, -0.1) is 0 Å². The maximum atomic E-state index is 5.88. The zero-order valence-corrected chi connectivity index (χ0v) is 12.3. The van der Waals surface area contributed by atoms with Crippen molar-refractivity contribution < 1.29 is 0 Å². The number of anilines is 1. The van der Waals surface area contributed by atoms with Gasteiger partial charge in [0, 0.05) is 24.3 Å². The summed E-state index contributed by atoms with van der Waals surface area (Å²) in [5.74, 6) is 0. The van der Waals surface area contributed by atoms with E-state index in [0.717, 1.165) is 6.54 Å². The van der Waals surface area contributed by atoms with E-state index in [0.29, 0.717) is 6.04 Å². The molecule has 0 bridgehead atoms. The quantitative estimate of drug-likeness (QED) is 0.736. The van der Waals surface area contributed by atoms with E-state index in [4.69, 9.17) is 5.73 Å². The normalized spacial score (nSPS) is 12.8. The molecule has 0 unspecified atom stereocenters. The predicted octanol–water partition coefficient (Wildman–Crippen LogP) is 4.11. The van der Waals surface area contributed by atoms with E-state index >= 15 is 0 Å². The molecular weight excluding hydrogens is 220 g/mol. The minimum atomic E-state index is 0.117. The average Bonchev–Trinajstić information content (AvgIpc) is 2.34. The van der Waals surface area contributed by atoms with E-state index in [-0.39, 0.29) is 6.04 Å². The third-order valence-corrected chi connectivity index (χ3v) is 3.38. The van der Waals surface area contributed by atoms with Gasteiger partial charge in [0.15, 0.2) is 0 Å². The first-order valence-electron chi connectivity index (χ1n) is 7.18. The summed E-state index contributed by atoms with van der Waals surface area (Å²) in [7, 11) is 0. The summed E-state index contributed by atoms with van der Waals surface area (Å²) < 4.78 is 0. The zero-order valence-electron chi connectivity index (χ0n) is 12.3. The highest BCUT2D eigenvalue weighted by Crippen LogP contribution is 2.20. The molecule has 2 N–H and O–H groups in total. The molecule has 2 heteroatoms. The zero-order chi connectivity index (χ0) is 13.5. The van der Waals surface area contributed by atoms with Crippen LogP contribution in [-0.4, -0.2) is 12.6 Å². The van der Waals surface area contributed by atoms with Crippen LogP contribution in [0, 0.1) is 0 Å². The first-order chi connectivity index (χ1) is 8.56. The molecule has 0 amide bonds. The van der Waals surface area contributed by atoms with Crippen molar-refractivity contribution in [2.45, 2.75) is 59.0 Å². The van der Waals surface area contributed by atoms with Gasteiger partial charge in [-0.2, -0.15) is 0 Å². The van der Waals surface area contributed by atoms with E-state index in [1.807, 2.05) is 6.92 Å². The van der Waals surface area contributed by atoms with Gasteiger partial charge in [0.05, 0.1) is 0 Å². The van der Waals surface area contributed by atoms with E-state index in [9.17, 15) is 0 Å². The van der Waals surface area contributed by atoms with Crippen LogP contribution >= 0.6 is 0 Å². The smallest absolute Gasteiger partial charge is 0.0368 e. The standard InChI is InChI=1S/C16H28N2/c1-5-6-7-12-18(13(2)3)16-10-8-15(9-11-16)14(4)17/h8-11,13-14H,5-7,12,17H2,1-4H3/t14-/m1/s1. The molecule has 2 nitrogen and oxygen atoms in total. The Kier molecular flexibility index (Phi) is 6.20. The van der Waals surface area contributed by atoms with Gasteiger partial charge in [-0.05, 0) is 44.9 Å². The molecule has 0 aliphatic rings. The molecule has 0 fully saturated rings. The molecule has 0 saturated heterocycles. The second-order valence-electron chi connectivity index (χ2n) is 5.37. The second-order valence-corrected chi connectivity index (χ2v) is 5.37. The summed E-state index contributed by atoms with van der Waals surface area (Å²) in [5, 5.41) is 0. The van der Waals surface area contributed by atoms with Crippen molar-refractivity contribution in [3.8, 4) is 0 Å². The fourth-order valence-electron chi connectivity index (χ4n) is 2.19. The second kappa shape index (κ2) is 7.42. The summed E-state index contributed by atoms with van der Waals surface area (Å²) in [6, 6.07) is 9.36. The lowest BCUT2D eigenvalue weighted by atomic mass is 10.1. The van der Waals surface area contributed by atoms with Gasteiger partial charge in [0.2, 0.25) is 0 Å². The Hall–Kier alpha value is -1.02. The lowest BCUT2D eigenvalue weighted by molar-refractivity contribution is 0.626. The van der Waals surface area contributed by atoms with E-state index in [2.05, 4.69) is 49.9 Å². The van der Waals surface area contributed by atoms with Gasteiger partial charge in [-0.3, -0.25) is 0 Å². The lowest BCUT2D eigenvalue weighted by Gasteiger charge is -2.29. The third kappa shape index (κ3) is 4.34. The van der Waals surface area contributed by atoms with Crippen LogP contribution in [0.3, 0.4) is 0 Å². The highest BCUT2D eigenvalue weighted by atomic mass is 15.1. The van der Waals surface area contributed by atoms with Gasteiger partial charge in [0.25, 0.3) is 0 Å². The van der Waals surface area contributed by atoms with Crippen molar-refractivity contribution in [1.29, 1.82) is 0 Å². The molecule has 1 aromatic carbocycles. The molecular formula is C16H28N2. The van der Waals surface area contributed by atoms with E-state index in [1.165, 1.54) is 30.5 Å². The molecule has 0 heterocycles. The maximum Gasteiger partial charge on any atom is 0.0368 e. The number of hydrogen-bond donors (Lipinski definition) is 1. The molecule has 0 aliphatic heterocycles. The molecule has 102 valence electrons. The van der Waals surface area contributed by atoms with E-state index in [1.54, 1.807) is 0 Å². The van der Waals surface area contributed by atoms with Crippen LogP contribution in [0.4, 0.5) is 5.69 Å². The highest BCUT2D eigenvalue weighted by molar-refractivity contribution is 5.48. The topological polar surface area (TPSA) is 29.3 Å². The molecule has 18 heavy (non-hydrogen) atoms. The summed E-state index contributed by atoms with van der Waals surface area (Å²) in [6.45, 7) is 9.92. The average molecular weight is 248 g/mol. The summed E-state index contributed by atoms with van der Waals surface area (Å²) in [6.07, 6.45) is 3.85. The minimum absolute atomic E-state index is 0.117. The van der Waals surface area contributed by atoms with Gasteiger partial charge in [-0.1, -0.05) is 31.9 Å². The Morgan fingerprint density at radius 3 is 2.11 bits per heavy atom. The van der Waals surface area contributed by atoms with Crippen molar-refractivity contribution in [3.05, 3.63) is 29.8 Å². The molecule has 1 aromatic rings. The van der Waals surface area contributed by atoms with Gasteiger partial charge >= 0.3 is 0 Å². The Morgan fingerprint density at radius 2 is 1.67 bits per heavy atom. The largest absolute Gasteiger partial charge is 0.369 e. The Balaban J connectivity index is 2.72. The molecule has 0 spiro atoms. The fourth-order valence-corrected chi connectivity index (χ4v) is 2.19. The Labute approximate surface area is 112 Å². The first-order valence-corrected chi connectivity index (χ1v) is 7.18. The molecule has 0 aromatic heterocycles. The molecule has 0 radical (unpaired) electrons. The number of unbranched alkanes of at least 4 members (excludes halogenated alkanes) is 2. The SMILES string of the molecule is CCCCCN(c1ccc([C@@H](C)N)cc1)C(C)C. The maximum absolute atomic E-state index is 5.88. The van der Waals surface area contributed by atoms with Gasteiger partial charge in [-0.25, -0.2) is 0 Å². The molecule has 1 atom stereocenters. The number of nitrogens with two attached hydrogens (primary N) is 1. The van der Waals surface area contributed by atoms with Crippen molar-refractivity contribution in [2.24, 2.45) is 5.73 Å². The van der Waals surface area contributed by atoms with Crippen LogP contribution in [0.5, 0.6) is 0 Å². The minimum Gasteiger partial charge on any atom is -0.369 e. The van der Waals surface area contributed by atoms with Crippen LogP contribution in [0.1, 0.15) is 58.6 Å². The van der Waals surface area contributed by atoms with Crippen molar-refractivity contribution >= 4 is 5.69 Å². The third-order valence-electron chi connectivity index (χ3n) is 3.38. The van der Waals surface area contributed by atoms with Gasteiger partial charge in [0.1, 0.15) is 0 Å². The number of hydrogen-bond acceptors (Lipinski definition) is 2. The fraction of sp³-hybridized carbons (Fsp3) is 0.625. The van der Waals surface area contributed by atoms with Crippen molar-refractivity contribution in [3.63, 3.8) is 0 Å². The number of nitrogens with zero attached hydrogens (tertiary/aromatic N) is 1. The monoisotopic (exact) mass is 248 g/mol. The van der Waals surface area contributed by atoms with Crippen LogP contribution in [0.25, 0.3) is 0 Å². The van der Waals surface area contributed by atoms with Crippen molar-refractivity contribution in [2.75, 3.05) is 11.4 Å². The first kappa shape index (κ1) is 15.0. The lowest BCUT2D eigenvalue weighted by Crippen LogP contribution is -2.31. The van der Waals surface area contributed by atoms with Gasteiger partial charge < -0.3 is 10.6 Å². The predicted molar refractivity (Wildman–Crippen MR) is 81.1 cm³/mol. The highest BCUT2D eigenvalue weighted by Gasteiger charge is 2.10. The number of rotatable bonds is 7. The van der Waals surface area contributed by atoms with Crippen molar-refractivity contribution in [1.82, 2.24) is 0 Å². The van der Waals surface area contributed by atoms with Crippen LogP contribution in [0.15, 0.2) is 24.3 Å². The summed E-state index contributed by atoms with van der Waals surface area (Å²) in [5.41, 5.74) is 8.40. The number of benzene rings is 1. The summed E-state index contributed by atoms with van der Waals surface area (Å²) in [4.78, 5) is 2.47. The van der Waals surface area contributed by atoms with E-state index < -0.39 is 0 Å². The van der Waals surface area contributed by atoms with Crippen LogP contribution < -0.4 is 10.6 Å². The molecule has 1 rings (SSSR count).